The van der Waals surface area contributed by atoms with Gasteiger partial charge in [0.05, 0.1) is 11.4 Å². The largest absolute Gasteiger partial charge is 0.341 e. The minimum Gasteiger partial charge on any atom is -0.341 e. The third-order valence-corrected chi connectivity index (χ3v) is 7.54. The summed E-state index contributed by atoms with van der Waals surface area (Å²) in [5.41, 5.74) is 1.18. The summed E-state index contributed by atoms with van der Waals surface area (Å²) in [5, 5.41) is 2.43. The van der Waals surface area contributed by atoms with Crippen molar-refractivity contribution in [2.45, 2.75) is 37.6 Å². The maximum atomic E-state index is 13.5. The molecule has 3 aromatic rings. The molecular weight excluding hydrogens is 458 g/mol. The van der Waals surface area contributed by atoms with Crippen LogP contribution in [0.2, 0.25) is 0 Å². The molecule has 1 aromatic carbocycles. The smallest absolute Gasteiger partial charge is 0.263 e. The van der Waals surface area contributed by atoms with Gasteiger partial charge in [0.1, 0.15) is 16.4 Å². The number of carbonyl (C=O) groups is 1. The van der Waals surface area contributed by atoms with E-state index in [4.69, 9.17) is 0 Å². The van der Waals surface area contributed by atoms with Crippen LogP contribution in [-0.4, -0.2) is 41.9 Å². The first-order valence-corrected chi connectivity index (χ1v) is 12.5. The molecule has 0 aliphatic carbocycles. The lowest BCUT2D eigenvalue weighted by Crippen LogP contribution is -2.37. The molecule has 0 atom stereocenters. The van der Waals surface area contributed by atoms with E-state index in [-0.39, 0.29) is 23.0 Å². The molecule has 1 aliphatic heterocycles. The summed E-state index contributed by atoms with van der Waals surface area (Å²) in [7, 11) is -4.11. The van der Waals surface area contributed by atoms with Crippen molar-refractivity contribution in [1.82, 2.24) is 14.5 Å². The number of hydrogen-bond acceptors (Lipinski definition) is 5. The molecule has 1 saturated heterocycles. The zero-order chi connectivity index (χ0) is 22.9. The lowest BCUT2D eigenvalue weighted by Gasteiger charge is -2.27. The molecule has 170 valence electrons. The minimum atomic E-state index is -4.11. The number of benzene rings is 1. The van der Waals surface area contributed by atoms with E-state index in [9.17, 15) is 22.0 Å². The van der Waals surface area contributed by atoms with Crippen molar-refractivity contribution in [1.29, 1.82) is 0 Å². The van der Waals surface area contributed by atoms with Crippen LogP contribution in [0.1, 0.15) is 25.0 Å². The number of thiazole rings is 1. The van der Waals surface area contributed by atoms with E-state index >= 15 is 0 Å². The fraction of sp³-hybridized carbons (Fsp3) is 0.333. The number of nitrogens with zero attached hydrogens (tertiary/aromatic N) is 3. The topological polar surface area (TPSA) is 84.3 Å². The summed E-state index contributed by atoms with van der Waals surface area (Å²) in [6.07, 6.45) is 4.37. The van der Waals surface area contributed by atoms with Gasteiger partial charge in [-0.25, -0.2) is 22.2 Å². The molecule has 32 heavy (non-hydrogen) atoms. The van der Waals surface area contributed by atoms with Gasteiger partial charge in [-0.1, -0.05) is 0 Å². The van der Waals surface area contributed by atoms with Crippen molar-refractivity contribution in [3.05, 3.63) is 53.2 Å². The van der Waals surface area contributed by atoms with Gasteiger partial charge < -0.3 is 9.47 Å². The number of hydrogen-bond donors (Lipinski definition) is 1. The lowest BCUT2D eigenvalue weighted by molar-refractivity contribution is -0.132. The van der Waals surface area contributed by atoms with Crippen molar-refractivity contribution >= 4 is 33.0 Å². The van der Waals surface area contributed by atoms with E-state index in [1.54, 1.807) is 9.47 Å². The van der Waals surface area contributed by atoms with Crippen LogP contribution in [0.4, 0.5) is 14.5 Å². The third kappa shape index (κ3) is 4.83. The predicted octanol–water partition coefficient (Wildman–Crippen LogP) is 4.01. The number of likely N-dealkylation sites (tertiary alicyclic amines) is 1. The summed E-state index contributed by atoms with van der Waals surface area (Å²) in [6.45, 7) is 3.19. The maximum absolute atomic E-state index is 13.5. The van der Waals surface area contributed by atoms with Crippen LogP contribution in [0.3, 0.4) is 0 Å². The zero-order valence-corrected chi connectivity index (χ0v) is 19.0. The molecule has 1 amide bonds. The summed E-state index contributed by atoms with van der Waals surface area (Å²) >= 11 is 1.35. The molecule has 0 spiro atoms. The van der Waals surface area contributed by atoms with Crippen LogP contribution >= 0.6 is 11.3 Å². The van der Waals surface area contributed by atoms with Crippen molar-refractivity contribution in [2.24, 2.45) is 0 Å². The molecule has 0 bridgehead atoms. The Hall–Kier alpha value is -2.79. The number of piperidine rings is 1. The van der Waals surface area contributed by atoms with Crippen LogP contribution in [0.15, 0.2) is 40.7 Å². The molecular formula is C21H22F2N4O3S2. The van der Waals surface area contributed by atoms with E-state index < -0.39 is 21.7 Å². The Morgan fingerprint density at radius 1 is 1.16 bits per heavy atom. The highest BCUT2D eigenvalue weighted by Gasteiger charge is 2.24. The highest BCUT2D eigenvalue weighted by molar-refractivity contribution is 7.92. The van der Waals surface area contributed by atoms with Gasteiger partial charge in [0.25, 0.3) is 10.0 Å². The maximum Gasteiger partial charge on any atom is 0.263 e. The number of aryl methyl sites for hydroxylation is 1. The van der Waals surface area contributed by atoms with Crippen molar-refractivity contribution in [2.75, 3.05) is 17.8 Å². The van der Waals surface area contributed by atoms with Gasteiger partial charge in [0, 0.05) is 36.4 Å². The molecule has 1 aliphatic rings. The van der Waals surface area contributed by atoms with E-state index in [1.165, 1.54) is 23.6 Å². The Bertz CT molecular complexity index is 1250. The van der Waals surface area contributed by atoms with Crippen molar-refractivity contribution in [3.8, 4) is 10.7 Å². The molecule has 0 radical (unpaired) electrons. The van der Waals surface area contributed by atoms with Crippen LogP contribution < -0.4 is 4.72 Å². The molecule has 0 unspecified atom stereocenters. The first kappa shape index (κ1) is 22.4. The second-order valence-electron chi connectivity index (χ2n) is 7.66. The summed E-state index contributed by atoms with van der Waals surface area (Å²) in [4.78, 5) is 18.9. The van der Waals surface area contributed by atoms with Gasteiger partial charge in [-0.05, 0) is 44.4 Å². The predicted molar refractivity (Wildman–Crippen MR) is 118 cm³/mol. The Morgan fingerprint density at radius 3 is 2.56 bits per heavy atom. The van der Waals surface area contributed by atoms with Crippen LogP contribution in [0, 0.1) is 18.6 Å². The van der Waals surface area contributed by atoms with Gasteiger partial charge in [0.15, 0.2) is 11.6 Å². The van der Waals surface area contributed by atoms with Crippen molar-refractivity contribution < 1.29 is 22.0 Å². The third-order valence-electron chi connectivity index (χ3n) is 5.21. The number of anilines is 1. The SMILES string of the molecule is Cc1csc(-c2cc(S(=O)(=O)Nc3ccc(F)c(F)c3)cn2CC(=O)N2CCCCC2)n1. The number of rotatable bonds is 6. The summed E-state index contributed by atoms with van der Waals surface area (Å²) < 4.78 is 56.4. The van der Waals surface area contributed by atoms with Crippen molar-refractivity contribution in [3.63, 3.8) is 0 Å². The van der Waals surface area contributed by atoms with Gasteiger partial charge >= 0.3 is 0 Å². The number of nitrogens with one attached hydrogen (secondary N) is 1. The standard InChI is InChI=1S/C21H22F2N4O3S2/c1-14-13-31-21(24-14)19-10-16(11-27(19)12-20(28)26-7-3-2-4-8-26)32(29,30)25-15-5-6-17(22)18(23)9-15/h5-6,9-11,13,25H,2-4,7-8,12H2,1H3. The fourth-order valence-corrected chi connectivity index (χ4v) is 5.49. The first-order valence-electron chi connectivity index (χ1n) is 10.1. The van der Waals surface area contributed by atoms with Gasteiger partial charge in [-0.2, -0.15) is 0 Å². The Labute approximate surface area is 188 Å². The molecule has 11 heteroatoms. The minimum absolute atomic E-state index is 0.0192. The zero-order valence-electron chi connectivity index (χ0n) is 17.3. The first-order chi connectivity index (χ1) is 15.2. The average Bonchev–Trinajstić information content (AvgIpc) is 3.38. The molecule has 1 N–H and O–H groups in total. The number of amides is 1. The number of halogens is 2. The summed E-state index contributed by atoms with van der Waals surface area (Å²) in [6, 6.07) is 4.19. The van der Waals surface area contributed by atoms with Crippen LogP contribution in [0.25, 0.3) is 10.7 Å². The summed E-state index contributed by atoms with van der Waals surface area (Å²) in [5.74, 6) is -2.32. The molecule has 7 nitrogen and oxygen atoms in total. The Balaban J connectivity index is 1.66. The number of aromatic nitrogens is 2. The second-order valence-corrected chi connectivity index (χ2v) is 10.2. The monoisotopic (exact) mass is 480 g/mol. The lowest BCUT2D eigenvalue weighted by atomic mass is 10.1. The second kappa shape index (κ2) is 8.99. The van der Waals surface area contributed by atoms with Gasteiger partial charge in [-0.3, -0.25) is 9.52 Å². The quantitative estimate of drug-likeness (QED) is 0.578. The molecule has 0 saturated carbocycles. The highest BCUT2D eigenvalue weighted by atomic mass is 32.2. The molecule has 2 aromatic heterocycles. The van der Waals surface area contributed by atoms with Gasteiger partial charge in [-0.15, -0.1) is 11.3 Å². The molecule has 1 fully saturated rings. The van der Waals surface area contributed by atoms with Gasteiger partial charge in [0.2, 0.25) is 5.91 Å². The van der Waals surface area contributed by atoms with E-state index in [1.807, 2.05) is 12.3 Å². The van der Waals surface area contributed by atoms with E-state index in [0.717, 1.165) is 43.2 Å². The van der Waals surface area contributed by atoms with Crippen LogP contribution in [-0.2, 0) is 21.4 Å². The normalized spacial score (nSPS) is 14.5. The fourth-order valence-electron chi connectivity index (χ4n) is 3.57. The number of sulfonamides is 1. The Morgan fingerprint density at radius 2 is 1.91 bits per heavy atom. The van der Waals surface area contributed by atoms with E-state index in [0.29, 0.717) is 23.8 Å². The molecule has 4 rings (SSSR count). The van der Waals surface area contributed by atoms with Crippen LogP contribution in [0.5, 0.6) is 0 Å². The highest BCUT2D eigenvalue weighted by Crippen LogP contribution is 2.29. The van der Waals surface area contributed by atoms with E-state index in [2.05, 4.69) is 9.71 Å². The number of carbonyl (C=O) groups excluding carboxylic acids is 1. The molecule has 3 heterocycles. The Kier molecular flexibility index (Phi) is 6.29. The average molecular weight is 481 g/mol.